The number of aliphatic hydroxyl groups excluding tert-OH is 1. The summed E-state index contributed by atoms with van der Waals surface area (Å²) in [6, 6.07) is 9.57. The maximum Gasteiger partial charge on any atom is 0.251 e. The zero-order valence-electron chi connectivity index (χ0n) is 13.5. The van der Waals surface area contributed by atoms with Crippen LogP contribution in [0.5, 0.6) is 0 Å². The van der Waals surface area contributed by atoms with Crippen molar-refractivity contribution in [3.63, 3.8) is 0 Å². The van der Waals surface area contributed by atoms with Crippen molar-refractivity contribution in [1.29, 1.82) is 0 Å². The van der Waals surface area contributed by atoms with E-state index in [9.17, 15) is 14.0 Å². The molecule has 0 fully saturated rings. The number of thioether (sulfide) groups is 1. The minimum atomic E-state index is -0.503. The van der Waals surface area contributed by atoms with Gasteiger partial charge in [0.2, 0.25) is 5.91 Å². The van der Waals surface area contributed by atoms with Crippen LogP contribution in [0.3, 0.4) is 0 Å². The van der Waals surface area contributed by atoms with Crippen molar-refractivity contribution in [2.24, 2.45) is 0 Å². The van der Waals surface area contributed by atoms with E-state index in [0.717, 1.165) is 4.90 Å². The molecule has 1 aliphatic rings. The molecule has 3 rings (SSSR count). The van der Waals surface area contributed by atoms with Gasteiger partial charge in [-0.25, -0.2) is 4.39 Å². The largest absolute Gasteiger partial charge is 0.392 e. The molecule has 0 saturated heterocycles. The second-order valence-electron chi connectivity index (χ2n) is 5.73. The smallest absolute Gasteiger partial charge is 0.251 e. The molecule has 0 bridgehead atoms. The van der Waals surface area contributed by atoms with Crippen LogP contribution in [0.1, 0.15) is 28.4 Å². The van der Waals surface area contributed by atoms with E-state index in [4.69, 9.17) is 5.11 Å². The minimum absolute atomic E-state index is 0.0884. The van der Waals surface area contributed by atoms with Crippen molar-refractivity contribution in [2.75, 3.05) is 5.32 Å². The first-order chi connectivity index (χ1) is 12.0. The van der Waals surface area contributed by atoms with Crippen LogP contribution in [0.4, 0.5) is 10.1 Å². The van der Waals surface area contributed by atoms with Crippen LogP contribution in [0.25, 0.3) is 0 Å². The number of hydrogen-bond donors (Lipinski definition) is 3. The summed E-state index contributed by atoms with van der Waals surface area (Å²) >= 11 is 1.45. The summed E-state index contributed by atoms with van der Waals surface area (Å²) in [5, 5.41) is 14.3. The molecule has 1 aliphatic heterocycles. The van der Waals surface area contributed by atoms with Crippen molar-refractivity contribution in [1.82, 2.24) is 5.32 Å². The van der Waals surface area contributed by atoms with E-state index in [1.807, 2.05) is 6.92 Å². The number of carbonyl (C=O) groups is 2. The average molecular weight is 360 g/mol. The van der Waals surface area contributed by atoms with Gasteiger partial charge in [0.15, 0.2) is 0 Å². The Labute approximate surface area is 148 Å². The molecule has 5 nitrogen and oxygen atoms in total. The lowest BCUT2D eigenvalue weighted by atomic mass is 10.1. The number of aliphatic hydroxyl groups is 1. The fraction of sp³-hybridized carbons (Fsp3) is 0.222. The van der Waals surface area contributed by atoms with Crippen molar-refractivity contribution in [2.45, 2.75) is 30.2 Å². The number of nitrogens with one attached hydrogen (secondary N) is 2. The molecule has 1 unspecified atom stereocenters. The Morgan fingerprint density at radius 3 is 2.84 bits per heavy atom. The average Bonchev–Trinajstić information content (AvgIpc) is 2.60. The predicted octanol–water partition coefficient (Wildman–Crippen LogP) is 2.68. The lowest BCUT2D eigenvalue weighted by Crippen LogP contribution is -2.27. The van der Waals surface area contributed by atoms with Gasteiger partial charge < -0.3 is 15.7 Å². The minimum Gasteiger partial charge on any atom is -0.392 e. The summed E-state index contributed by atoms with van der Waals surface area (Å²) in [6.45, 7) is 1.62. The first-order valence-electron chi connectivity index (χ1n) is 7.76. The van der Waals surface area contributed by atoms with Gasteiger partial charge in [0.1, 0.15) is 5.82 Å². The summed E-state index contributed by atoms with van der Waals surface area (Å²) in [5.74, 6) is -0.904. The number of carbonyl (C=O) groups excluding carboxylic acids is 2. The summed E-state index contributed by atoms with van der Waals surface area (Å²) < 4.78 is 13.6. The zero-order valence-corrected chi connectivity index (χ0v) is 14.3. The van der Waals surface area contributed by atoms with Gasteiger partial charge in [-0.2, -0.15) is 0 Å². The summed E-state index contributed by atoms with van der Waals surface area (Å²) in [7, 11) is 0. The van der Waals surface area contributed by atoms with Crippen LogP contribution >= 0.6 is 11.8 Å². The number of amides is 2. The number of benzene rings is 2. The van der Waals surface area contributed by atoms with E-state index in [1.165, 1.54) is 23.9 Å². The molecule has 1 atom stereocenters. The number of hydrogen-bond acceptors (Lipinski definition) is 4. The van der Waals surface area contributed by atoms with Gasteiger partial charge in [-0.3, -0.25) is 9.59 Å². The quantitative estimate of drug-likeness (QED) is 0.783. The van der Waals surface area contributed by atoms with E-state index in [1.54, 1.807) is 24.3 Å². The lowest BCUT2D eigenvalue weighted by molar-refractivity contribution is -0.115. The SMILES string of the molecule is CC1Sc2ccc(C(=O)NCc3ccc(CO)c(F)c3)cc2NC1=O. The maximum atomic E-state index is 13.6. The molecule has 0 saturated carbocycles. The predicted molar refractivity (Wildman–Crippen MR) is 93.9 cm³/mol. The van der Waals surface area contributed by atoms with Gasteiger partial charge in [0.25, 0.3) is 5.91 Å². The van der Waals surface area contributed by atoms with E-state index < -0.39 is 5.82 Å². The van der Waals surface area contributed by atoms with Gasteiger partial charge in [0.05, 0.1) is 17.5 Å². The van der Waals surface area contributed by atoms with Crippen molar-refractivity contribution in [3.05, 3.63) is 58.9 Å². The second-order valence-corrected chi connectivity index (χ2v) is 7.11. The zero-order chi connectivity index (χ0) is 18.0. The molecule has 130 valence electrons. The van der Waals surface area contributed by atoms with Crippen LogP contribution in [0, 0.1) is 5.82 Å². The molecule has 2 amide bonds. The highest BCUT2D eigenvalue weighted by molar-refractivity contribution is 8.00. The maximum absolute atomic E-state index is 13.6. The van der Waals surface area contributed by atoms with Gasteiger partial charge in [-0.15, -0.1) is 11.8 Å². The van der Waals surface area contributed by atoms with E-state index in [-0.39, 0.29) is 35.8 Å². The van der Waals surface area contributed by atoms with Gasteiger partial charge in [-0.1, -0.05) is 12.1 Å². The molecule has 0 aliphatic carbocycles. The third kappa shape index (κ3) is 3.83. The van der Waals surface area contributed by atoms with Crippen LogP contribution in [0.15, 0.2) is 41.3 Å². The Hall–Kier alpha value is -2.38. The highest BCUT2D eigenvalue weighted by Gasteiger charge is 2.23. The molecule has 0 aromatic heterocycles. The molecule has 7 heteroatoms. The number of fused-ring (bicyclic) bond motifs is 1. The van der Waals surface area contributed by atoms with Gasteiger partial charge in [0, 0.05) is 22.6 Å². The highest BCUT2D eigenvalue weighted by Crippen LogP contribution is 2.35. The van der Waals surface area contributed by atoms with Crippen molar-refractivity contribution in [3.8, 4) is 0 Å². The summed E-state index contributed by atoms with van der Waals surface area (Å²) in [5.41, 5.74) is 1.85. The normalized spacial score (nSPS) is 16.1. The van der Waals surface area contributed by atoms with Crippen LogP contribution in [-0.4, -0.2) is 22.2 Å². The molecule has 1 heterocycles. The van der Waals surface area contributed by atoms with E-state index in [0.29, 0.717) is 16.8 Å². The first kappa shape index (κ1) is 17.4. The number of halogens is 1. The Morgan fingerprint density at radius 2 is 2.12 bits per heavy atom. The van der Waals surface area contributed by atoms with E-state index in [2.05, 4.69) is 10.6 Å². The summed E-state index contributed by atoms with van der Waals surface area (Å²) in [4.78, 5) is 25.0. The van der Waals surface area contributed by atoms with Crippen LogP contribution in [0.2, 0.25) is 0 Å². The standard InChI is InChI=1S/C18H17FN2O3S/c1-10-17(23)21-15-7-12(4-5-16(15)25-10)18(24)20-8-11-2-3-13(9-22)14(19)6-11/h2-7,10,22H,8-9H2,1H3,(H,20,24)(H,21,23). The molecule has 2 aromatic rings. The molecular formula is C18H17FN2O3S. The fourth-order valence-corrected chi connectivity index (χ4v) is 3.39. The third-order valence-electron chi connectivity index (χ3n) is 3.91. The highest BCUT2D eigenvalue weighted by atomic mass is 32.2. The molecular weight excluding hydrogens is 343 g/mol. The van der Waals surface area contributed by atoms with Crippen molar-refractivity contribution >= 4 is 29.3 Å². The van der Waals surface area contributed by atoms with Crippen molar-refractivity contribution < 1.29 is 19.1 Å². The number of anilines is 1. The van der Waals surface area contributed by atoms with Crippen LogP contribution < -0.4 is 10.6 Å². The Bertz CT molecular complexity index is 841. The molecule has 0 spiro atoms. The molecule has 3 N–H and O–H groups in total. The fourth-order valence-electron chi connectivity index (χ4n) is 2.46. The third-order valence-corrected chi connectivity index (χ3v) is 5.09. The Balaban J connectivity index is 1.69. The monoisotopic (exact) mass is 360 g/mol. The van der Waals surface area contributed by atoms with Gasteiger partial charge >= 0.3 is 0 Å². The van der Waals surface area contributed by atoms with E-state index >= 15 is 0 Å². The Kier molecular flexibility index (Phi) is 5.06. The number of rotatable bonds is 4. The van der Waals surface area contributed by atoms with Gasteiger partial charge in [-0.05, 0) is 36.8 Å². The topological polar surface area (TPSA) is 78.4 Å². The summed E-state index contributed by atoms with van der Waals surface area (Å²) in [6.07, 6.45) is 0. The lowest BCUT2D eigenvalue weighted by Gasteiger charge is -2.21. The Morgan fingerprint density at radius 1 is 1.32 bits per heavy atom. The molecule has 2 aromatic carbocycles. The molecule has 0 radical (unpaired) electrons. The van der Waals surface area contributed by atoms with Crippen LogP contribution in [-0.2, 0) is 17.9 Å². The first-order valence-corrected chi connectivity index (χ1v) is 8.64. The second kappa shape index (κ2) is 7.25. The molecule has 25 heavy (non-hydrogen) atoms.